The number of anilines is 1. The maximum Gasteiger partial charge on any atom is 0.310 e. The Morgan fingerprint density at radius 1 is 1.23 bits per heavy atom. The second-order valence-corrected chi connectivity index (χ2v) is 6.31. The predicted octanol–water partition coefficient (Wildman–Crippen LogP) is 3.08. The molecule has 1 aromatic carbocycles. The molecule has 112 valence electrons. The first-order valence-electron chi connectivity index (χ1n) is 6.53. The van der Waals surface area contributed by atoms with E-state index < -0.39 is 11.9 Å². The minimum atomic E-state index is -0.419. The molecule has 1 N–H and O–H groups in total. The van der Waals surface area contributed by atoms with Crippen molar-refractivity contribution >= 4 is 49.9 Å². The molecule has 0 bridgehead atoms. The van der Waals surface area contributed by atoms with Crippen molar-refractivity contribution in [2.45, 2.75) is 6.42 Å². The Morgan fingerprint density at radius 3 is 2.86 bits per heavy atom. The molecule has 3 aromatic rings. The van der Waals surface area contributed by atoms with Crippen LogP contribution in [0.2, 0.25) is 0 Å². The second kappa shape index (κ2) is 6.67. The monoisotopic (exact) mass is 332 g/mol. The third-order valence-electron chi connectivity index (χ3n) is 2.83. The van der Waals surface area contributed by atoms with Gasteiger partial charge >= 0.3 is 5.97 Å². The predicted molar refractivity (Wildman–Crippen MR) is 87.2 cm³/mol. The van der Waals surface area contributed by atoms with Crippen molar-refractivity contribution < 1.29 is 14.3 Å². The number of fused-ring (bicyclic) bond motifs is 1. The topological polar surface area (TPSA) is 68.3 Å². The van der Waals surface area contributed by atoms with Gasteiger partial charge < -0.3 is 4.74 Å². The molecule has 0 aliphatic carbocycles. The highest BCUT2D eigenvalue weighted by atomic mass is 32.1. The molecule has 7 heteroatoms. The molecule has 0 unspecified atom stereocenters. The van der Waals surface area contributed by atoms with Crippen LogP contribution in [0.1, 0.15) is 5.56 Å². The summed E-state index contributed by atoms with van der Waals surface area (Å²) in [7, 11) is 0. The van der Waals surface area contributed by atoms with Gasteiger partial charge in [-0.15, -0.1) is 0 Å². The van der Waals surface area contributed by atoms with Gasteiger partial charge in [-0.2, -0.15) is 11.3 Å². The third kappa shape index (κ3) is 3.69. The molecule has 22 heavy (non-hydrogen) atoms. The van der Waals surface area contributed by atoms with Crippen LogP contribution in [0.4, 0.5) is 5.13 Å². The van der Waals surface area contributed by atoms with Crippen LogP contribution in [-0.2, 0) is 20.7 Å². The molecule has 3 rings (SSSR count). The van der Waals surface area contributed by atoms with Gasteiger partial charge in [0, 0.05) is 0 Å². The number of nitrogens with one attached hydrogen (secondary N) is 1. The number of ether oxygens (including phenoxy) is 1. The van der Waals surface area contributed by atoms with Crippen LogP contribution in [0.5, 0.6) is 0 Å². The lowest BCUT2D eigenvalue weighted by Gasteiger charge is -2.03. The molecule has 0 radical (unpaired) electrons. The van der Waals surface area contributed by atoms with Crippen LogP contribution < -0.4 is 5.32 Å². The number of esters is 1. The fraction of sp³-hybridized carbons (Fsp3) is 0.133. The van der Waals surface area contributed by atoms with Gasteiger partial charge in [-0.25, -0.2) is 4.98 Å². The maximum atomic E-state index is 11.8. The van der Waals surface area contributed by atoms with Gasteiger partial charge in [0.1, 0.15) is 0 Å². The lowest BCUT2D eigenvalue weighted by atomic mass is 10.2. The number of para-hydroxylation sites is 1. The molecule has 0 aliphatic rings. The molecular formula is C15H12N2O3S2. The molecule has 0 atom stereocenters. The van der Waals surface area contributed by atoms with Gasteiger partial charge in [0.05, 0.1) is 16.6 Å². The number of hydrogen-bond donors (Lipinski definition) is 1. The summed E-state index contributed by atoms with van der Waals surface area (Å²) in [6.07, 6.45) is 0.178. The number of amides is 1. The summed E-state index contributed by atoms with van der Waals surface area (Å²) in [6.45, 7) is -0.307. The van der Waals surface area contributed by atoms with Crippen molar-refractivity contribution in [3.63, 3.8) is 0 Å². The highest BCUT2D eigenvalue weighted by Gasteiger charge is 2.11. The first-order valence-corrected chi connectivity index (χ1v) is 8.29. The van der Waals surface area contributed by atoms with Crippen LogP contribution in [0.3, 0.4) is 0 Å². The fourth-order valence-electron chi connectivity index (χ4n) is 1.84. The molecule has 0 saturated heterocycles. The third-order valence-corrected chi connectivity index (χ3v) is 4.52. The minimum absolute atomic E-state index is 0.178. The number of aromatic nitrogens is 1. The van der Waals surface area contributed by atoms with Crippen molar-refractivity contribution in [2.75, 3.05) is 11.9 Å². The van der Waals surface area contributed by atoms with Crippen molar-refractivity contribution in [3.05, 3.63) is 46.7 Å². The Bertz CT molecular complexity index is 763. The molecular weight excluding hydrogens is 320 g/mol. The van der Waals surface area contributed by atoms with E-state index in [0.717, 1.165) is 15.8 Å². The Balaban J connectivity index is 1.50. The van der Waals surface area contributed by atoms with Gasteiger partial charge in [-0.3, -0.25) is 14.9 Å². The zero-order valence-corrected chi connectivity index (χ0v) is 13.1. The first-order chi connectivity index (χ1) is 10.7. The molecule has 0 spiro atoms. The van der Waals surface area contributed by atoms with E-state index in [4.69, 9.17) is 4.74 Å². The summed E-state index contributed by atoms with van der Waals surface area (Å²) in [6, 6.07) is 9.47. The van der Waals surface area contributed by atoms with E-state index in [1.807, 2.05) is 41.1 Å². The maximum absolute atomic E-state index is 11.8. The van der Waals surface area contributed by atoms with Gasteiger partial charge in [0.15, 0.2) is 11.7 Å². The van der Waals surface area contributed by atoms with Crippen molar-refractivity contribution in [1.29, 1.82) is 0 Å². The number of carbonyl (C=O) groups excluding carboxylic acids is 2. The van der Waals surface area contributed by atoms with Gasteiger partial charge in [0.25, 0.3) is 5.91 Å². The van der Waals surface area contributed by atoms with Gasteiger partial charge in [0.2, 0.25) is 0 Å². The standard InChI is InChI=1S/C15H12N2O3S2/c18-13(8-20-14(19)7-10-5-6-21-9-10)17-15-16-11-3-1-2-4-12(11)22-15/h1-6,9H,7-8H2,(H,16,17,18). The van der Waals surface area contributed by atoms with Crippen LogP contribution in [0.25, 0.3) is 10.2 Å². The summed E-state index contributed by atoms with van der Waals surface area (Å²) in [5, 5.41) is 6.91. The number of carbonyl (C=O) groups is 2. The van der Waals surface area contributed by atoms with Crippen molar-refractivity contribution in [3.8, 4) is 0 Å². The normalized spacial score (nSPS) is 10.5. The van der Waals surface area contributed by atoms with E-state index in [2.05, 4.69) is 10.3 Å². The number of hydrogen-bond acceptors (Lipinski definition) is 6. The van der Waals surface area contributed by atoms with E-state index in [0.29, 0.717) is 5.13 Å². The average Bonchev–Trinajstić information content (AvgIpc) is 3.13. The van der Waals surface area contributed by atoms with Crippen LogP contribution in [0.15, 0.2) is 41.1 Å². The molecule has 2 heterocycles. The zero-order valence-electron chi connectivity index (χ0n) is 11.4. The number of thiazole rings is 1. The largest absolute Gasteiger partial charge is 0.455 e. The lowest BCUT2D eigenvalue weighted by molar-refractivity contribution is -0.146. The molecule has 0 aliphatic heterocycles. The summed E-state index contributed by atoms with van der Waals surface area (Å²) < 4.78 is 5.95. The smallest absolute Gasteiger partial charge is 0.310 e. The quantitative estimate of drug-likeness (QED) is 0.729. The lowest BCUT2D eigenvalue weighted by Crippen LogP contribution is -2.21. The van der Waals surface area contributed by atoms with Crippen LogP contribution in [-0.4, -0.2) is 23.5 Å². The summed E-state index contributed by atoms with van der Waals surface area (Å²) in [5.74, 6) is -0.810. The van der Waals surface area contributed by atoms with Gasteiger partial charge in [-0.1, -0.05) is 23.5 Å². The molecule has 1 amide bonds. The summed E-state index contributed by atoms with van der Waals surface area (Å²) >= 11 is 2.90. The van der Waals surface area contributed by atoms with E-state index >= 15 is 0 Å². The van der Waals surface area contributed by atoms with E-state index in [-0.39, 0.29) is 13.0 Å². The van der Waals surface area contributed by atoms with Crippen molar-refractivity contribution in [2.24, 2.45) is 0 Å². The Morgan fingerprint density at radius 2 is 2.09 bits per heavy atom. The van der Waals surface area contributed by atoms with Crippen LogP contribution in [0, 0.1) is 0 Å². The number of thiophene rings is 1. The van der Waals surface area contributed by atoms with E-state index in [1.54, 1.807) is 0 Å². The number of nitrogens with zero attached hydrogens (tertiary/aromatic N) is 1. The van der Waals surface area contributed by atoms with Gasteiger partial charge in [-0.05, 0) is 34.5 Å². The van der Waals surface area contributed by atoms with E-state index in [9.17, 15) is 9.59 Å². The summed E-state index contributed by atoms with van der Waals surface area (Å²) in [5.41, 5.74) is 1.72. The van der Waals surface area contributed by atoms with Crippen LogP contribution >= 0.6 is 22.7 Å². The Hall–Kier alpha value is -2.25. The SMILES string of the molecule is O=C(COC(=O)Cc1ccsc1)Nc1nc2ccccc2s1. The minimum Gasteiger partial charge on any atom is -0.455 e. The molecule has 2 aromatic heterocycles. The van der Waals surface area contributed by atoms with E-state index in [1.165, 1.54) is 22.7 Å². The fourth-order valence-corrected chi connectivity index (χ4v) is 3.39. The average molecular weight is 332 g/mol. The summed E-state index contributed by atoms with van der Waals surface area (Å²) in [4.78, 5) is 27.7. The highest BCUT2D eigenvalue weighted by molar-refractivity contribution is 7.22. The van der Waals surface area contributed by atoms with Crippen molar-refractivity contribution in [1.82, 2.24) is 4.98 Å². The first kappa shape index (κ1) is 14.7. The highest BCUT2D eigenvalue weighted by Crippen LogP contribution is 2.25. The number of rotatable bonds is 5. The Kier molecular flexibility index (Phi) is 4.45. The zero-order chi connectivity index (χ0) is 15.4. The number of benzene rings is 1. The molecule has 0 saturated carbocycles. The molecule has 5 nitrogen and oxygen atoms in total. The Labute approximate surface area is 134 Å². The molecule has 0 fully saturated rings. The second-order valence-electron chi connectivity index (χ2n) is 4.50.